The summed E-state index contributed by atoms with van der Waals surface area (Å²) in [7, 11) is 0. The summed E-state index contributed by atoms with van der Waals surface area (Å²) >= 11 is 1.18. The SMILES string of the molecule is CSC1=CC(=O)c2n[nH]c(C=O)c2C1=O. The van der Waals surface area contributed by atoms with Crippen LogP contribution in [0, 0.1) is 0 Å². The number of aldehydes is 1. The van der Waals surface area contributed by atoms with Crippen molar-refractivity contribution in [2.45, 2.75) is 0 Å². The smallest absolute Gasteiger partial charge is 0.208 e. The number of rotatable bonds is 2. The van der Waals surface area contributed by atoms with Crippen LogP contribution in [0.3, 0.4) is 0 Å². The Balaban J connectivity index is 2.65. The molecule has 0 aromatic carbocycles. The normalized spacial score (nSPS) is 14.9. The molecule has 5 nitrogen and oxygen atoms in total. The van der Waals surface area contributed by atoms with Crippen LogP contribution >= 0.6 is 11.8 Å². The zero-order chi connectivity index (χ0) is 11.0. The fourth-order valence-electron chi connectivity index (χ4n) is 1.38. The van der Waals surface area contributed by atoms with Gasteiger partial charge in [0.25, 0.3) is 0 Å². The Kier molecular flexibility index (Phi) is 2.28. The van der Waals surface area contributed by atoms with Crippen LogP contribution in [0.15, 0.2) is 11.0 Å². The topological polar surface area (TPSA) is 79.9 Å². The number of nitrogens with one attached hydrogen (secondary N) is 1. The Bertz CT molecular complexity index is 501. The summed E-state index contributed by atoms with van der Waals surface area (Å²) in [5.74, 6) is -0.675. The first-order valence-corrected chi connectivity index (χ1v) is 5.29. The number of allylic oxidation sites excluding steroid dienone is 2. The summed E-state index contributed by atoms with van der Waals surface area (Å²) in [6.07, 6.45) is 3.42. The van der Waals surface area contributed by atoms with Crippen LogP contribution in [-0.2, 0) is 0 Å². The molecule has 0 spiro atoms. The number of H-pyrrole nitrogens is 1. The van der Waals surface area contributed by atoms with E-state index in [1.807, 2.05) is 0 Å². The summed E-state index contributed by atoms with van der Waals surface area (Å²) in [6.45, 7) is 0. The Morgan fingerprint density at radius 2 is 2.20 bits per heavy atom. The summed E-state index contributed by atoms with van der Waals surface area (Å²) in [5, 5.41) is 6.02. The average molecular weight is 222 g/mol. The van der Waals surface area contributed by atoms with Crippen LogP contribution in [-0.4, -0.2) is 34.3 Å². The van der Waals surface area contributed by atoms with Crippen LogP contribution < -0.4 is 0 Å². The van der Waals surface area contributed by atoms with Gasteiger partial charge in [-0.05, 0) is 6.26 Å². The third-order valence-corrected chi connectivity index (χ3v) is 2.82. The maximum atomic E-state index is 11.8. The minimum absolute atomic E-state index is 0.0277. The Labute approximate surface area is 88.9 Å². The Morgan fingerprint density at radius 1 is 1.47 bits per heavy atom. The lowest BCUT2D eigenvalue weighted by Crippen LogP contribution is -2.15. The van der Waals surface area contributed by atoms with E-state index in [4.69, 9.17) is 0 Å². The monoisotopic (exact) mass is 222 g/mol. The summed E-state index contributed by atoms with van der Waals surface area (Å²) in [6, 6.07) is 0. The van der Waals surface area contributed by atoms with E-state index in [9.17, 15) is 14.4 Å². The Morgan fingerprint density at radius 3 is 2.80 bits per heavy atom. The minimum Gasteiger partial charge on any atom is -0.296 e. The van der Waals surface area contributed by atoms with Crippen molar-refractivity contribution >= 4 is 29.6 Å². The molecule has 0 aliphatic heterocycles. The molecular formula is C9H6N2O3S. The molecule has 1 aromatic heterocycles. The second kappa shape index (κ2) is 3.47. The molecule has 1 aromatic rings. The van der Waals surface area contributed by atoms with Crippen LogP contribution in [0.4, 0.5) is 0 Å². The predicted molar refractivity (Wildman–Crippen MR) is 54.2 cm³/mol. The molecule has 2 rings (SSSR count). The van der Waals surface area contributed by atoms with Crippen LogP contribution in [0.2, 0.25) is 0 Å². The van der Waals surface area contributed by atoms with E-state index in [2.05, 4.69) is 10.2 Å². The number of carbonyl (C=O) groups is 3. The molecule has 0 bridgehead atoms. The van der Waals surface area contributed by atoms with Crippen molar-refractivity contribution in [2.24, 2.45) is 0 Å². The van der Waals surface area contributed by atoms with E-state index in [-0.39, 0.29) is 28.5 Å². The van der Waals surface area contributed by atoms with Gasteiger partial charge in [0.2, 0.25) is 11.6 Å². The number of ketones is 2. The molecule has 1 heterocycles. The fraction of sp³-hybridized carbons (Fsp3) is 0.111. The standard InChI is InChI=1S/C9H6N2O3S/c1-15-6-2-5(13)8-7(9(6)14)4(3-12)10-11-8/h2-3H,1H3,(H,10,11). The number of nitrogens with zero attached hydrogens (tertiary/aromatic N) is 1. The highest BCUT2D eigenvalue weighted by Crippen LogP contribution is 2.26. The van der Waals surface area contributed by atoms with Gasteiger partial charge < -0.3 is 0 Å². The minimum atomic E-state index is -0.349. The number of hydrogen-bond donors (Lipinski definition) is 1. The van der Waals surface area contributed by atoms with Gasteiger partial charge in [-0.3, -0.25) is 19.5 Å². The maximum Gasteiger partial charge on any atom is 0.208 e. The molecule has 1 aliphatic rings. The first kappa shape index (κ1) is 9.85. The Hall–Kier alpha value is -1.69. The number of aromatic amines is 1. The number of aromatic nitrogens is 2. The van der Waals surface area contributed by atoms with Crippen molar-refractivity contribution in [2.75, 3.05) is 6.26 Å². The van der Waals surface area contributed by atoms with E-state index in [0.29, 0.717) is 11.2 Å². The van der Waals surface area contributed by atoms with Gasteiger partial charge in [0.15, 0.2) is 6.29 Å². The van der Waals surface area contributed by atoms with Crippen molar-refractivity contribution < 1.29 is 14.4 Å². The lowest BCUT2D eigenvalue weighted by Gasteiger charge is -2.08. The van der Waals surface area contributed by atoms with Crippen molar-refractivity contribution in [3.63, 3.8) is 0 Å². The molecule has 0 unspecified atom stereocenters. The van der Waals surface area contributed by atoms with Crippen molar-refractivity contribution in [3.8, 4) is 0 Å². The average Bonchev–Trinajstić information content (AvgIpc) is 2.67. The fourth-order valence-corrected chi connectivity index (χ4v) is 1.89. The second-order valence-electron chi connectivity index (χ2n) is 2.88. The molecule has 1 aliphatic carbocycles. The molecule has 0 atom stereocenters. The lowest BCUT2D eigenvalue weighted by atomic mass is 10.00. The summed E-state index contributed by atoms with van der Waals surface area (Å²) < 4.78 is 0. The third kappa shape index (κ3) is 1.33. The third-order valence-electron chi connectivity index (χ3n) is 2.08. The number of carbonyl (C=O) groups excluding carboxylic acids is 3. The molecule has 0 fully saturated rings. The van der Waals surface area contributed by atoms with E-state index >= 15 is 0 Å². The van der Waals surface area contributed by atoms with Crippen LogP contribution in [0.5, 0.6) is 0 Å². The van der Waals surface area contributed by atoms with Gasteiger partial charge in [0, 0.05) is 6.08 Å². The van der Waals surface area contributed by atoms with Gasteiger partial charge in [0.05, 0.1) is 10.5 Å². The number of fused-ring (bicyclic) bond motifs is 1. The number of thioether (sulfide) groups is 1. The molecule has 0 radical (unpaired) electrons. The van der Waals surface area contributed by atoms with Gasteiger partial charge >= 0.3 is 0 Å². The van der Waals surface area contributed by atoms with Crippen LogP contribution in [0.1, 0.15) is 31.3 Å². The summed E-state index contributed by atoms with van der Waals surface area (Å²) in [5.41, 5.74) is 0.171. The molecule has 15 heavy (non-hydrogen) atoms. The highest BCUT2D eigenvalue weighted by atomic mass is 32.2. The molecule has 0 saturated heterocycles. The van der Waals surface area contributed by atoms with Gasteiger partial charge in [-0.1, -0.05) is 0 Å². The molecule has 0 saturated carbocycles. The largest absolute Gasteiger partial charge is 0.296 e. The maximum absolute atomic E-state index is 11.8. The first-order chi connectivity index (χ1) is 7.19. The zero-order valence-corrected chi connectivity index (χ0v) is 8.55. The van der Waals surface area contributed by atoms with E-state index in [1.165, 1.54) is 17.8 Å². The van der Waals surface area contributed by atoms with E-state index in [1.54, 1.807) is 6.26 Å². The lowest BCUT2D eigenvalue weighted by molar-refractivity contribution is 0.0987. The van der Waals surface area contributed by atoms with E-state index in [0.717, 1.165) is 0 Å². The number of Topliss-reactive ketones (excluding diaryl/α,β-unsaturated/α-hetero) is 1. The summed E-state index contributed by atoms with van der Waals surface area (Å²) in [4.78, 5) is 34.2. The van der Waals surface area contributed by atoms with Gasteiger partial charge in [-0.15, -0.1) is 11.8 Å². The molecule has 6 heteroatoms. The molecule has 76 valence electrons. The van der Waals surface area contributed by atoms with Gasteiger partial charge in [-0.25, -0.2) is 0 Å². The van der Waals surface area contributed by atoms with Gasteiger partial charge in [0.1, 0.15) is 11.4 Å². The molecule has 0 amide bonds. The van der Waals surface area contributed by atoms with Crippen molar-refractivity contribution in [3.05, 3.63) is 27.9 Å². The van der Waals surface area contributed by atoms with Crippen molar-refractivity contribution in [1.82, 2.24) is 10.2 Å². The van der Waals surface area contributed by atoms with E-state index < -0.39 is 0 Å². The first-order valence-electron chi connectivity index (χ1n) is 4.07. The molecular weight excluding hydrogens is 216 g/mol. The van der Waals surface area contributed by atoms with Crippen LogP contribution in [0.25, 0.3) is 0 Å². The second-order valence-corrected chi connectivity index (χ2v) is 3.73. The highest BCUT2D eigenvalue weighted by Gasteiger charge is 2.30. The quantitative estimate of drug-likeness (QED) is 0.750. The zero-order valence-electron chi connectivity index (χ0n) is 7.73. The predicted octanol–water partition coefficient (Wildman–Crippen LogP) is 0.848. The van der Waals surface area contributed by atoms with Gasteiger partial charge in [-0.2, -0.15) is 5.10 Å². The van der Waals surface area contributed by atoms with Crippen molar-refractivity contribution in [1.29, 1.82) is 0 Å². The molecule has 1 N–H and O–H groups in total. The number of hydrogen-bond acceptors (Lipinski definition) is 5. The highest BCUT2D eigenvalue weighted by molar-refractivity contribution is 8.03.